The maximum absolute atomic E-state index is 12.2. The summed E-state index contributed by atoms with van der Waals surface area (Å²) in [6.07, 6.45) is 8.21. The molecule has 2 heterocycles. The van der Waals surface area contributed by atoms with E-state index in [1.165, 1.54) is 12.8 Å². The molecule has 0 bridgehead atoms. The molecule has 2 saturated heterocycles. The van der Waals surface area contributed by atoms with Crippen molar-refractivity contribution in [1.29, 1.82) is 0 Å². The number of rotatable bonds is 6. The van der Waals surface area contributed by atoms with E-state index >= 15 is 0 Å². The normalized spacial score (nSPS) is 29.0. The van der Waals surface area contributed by atoms with E-state index in [0.717, 1.165) is 51.8 Å². The van der Waals surface area contributed by atoms with Crippen LogP contribution >= 0.6 is 0 Å². The third-order valence-electron chi connectivity index (χ3n) is 5.33. The zero-order valence-electron chi connectivity index (χ0n) is 13.7. The lowest BCUT2D eigenvalue weighted by Crippen LogP contribution is -2.48. The second-order valence-corrected chi connectivity index (χ2v) is 6.75. The summed E-state index contributed by atoms with van der Waals surface area (Å²) in [6, 6.07) is 0.302. The Morgan fingerprint density at radius 2 is 2.14 bits per heavy atom. The lowest BCUT2D eigenvalue weighted by Gasteiger charge is -2.40. The average Bonchev–Trinajstić information content (AvgIpc) is 2.54. The highest BCUT2D eigenvalue weighted by molar-refractivity contribution is 5.76. The minimum Gasteiger partial charge on any atom is -0.375 e. The predicted octanol–water partition coefficient (Wildman–Crippen LogP) is 2.62. The van der Waals surface area contributed by atoms with Crippen molar-refractivity contribution >= 4 is 5.91 Å². The maximum Gasteiger partial charge on any atom is 0.220 e. The van der Waals surface area contributed by atoms with Crippen LogP contribution in [0.15, 0.2) is 0 Å². The molecule has 0 saturated carbocycles. The maximum atomic E-state index is 12.2. The van der Waals surface area contributed by atoms with Crippen molar-refractivity contribution in [2.24, 2.45) is 5.92 Å². The van der Waals surface area contributed by atoms with E-state index in [2.05, 4.69) is 24.5 Å². The quantitative estimate of drug-likeness (QED) is 0.792. The molecule has 4 heteroatoms. The van der Waals surface area contributed by atoms with Gasteiger partial charge in [0, 0.05) is 19.1 Å². The van der Waals surface area contributed by atoms with Crippen molar-refractivity contribution in [2.75, 3.05) is 19.7 Å². The fraction of sp³-hybridized carbons (Fsp3) is 0.941. The number of amides is 1. The van der Waals surface area contributed by atoms with Gasteiger partial charge < -0.3 is 15.4 Å². The predicted molar refractivity (Wildman–Crippen MR) is 85.3 cm³/mol. The Hall–Kier alpha value is -0.610. The van der Waals surface area contributed by atoms with Gasteiger partial charge in [-0.1, -0.05) is 13.8 Å². The molecule has 0 radical (unpaired) electrons. The Balaban J connectivity index is 1.71. The third kappa shape index (κ3) is 4.96. The molecule has 2 unspecified atom stereocenters. The van der Waals surface area contributed by atoms with E-state index in [9.17, 15) is 4.79 Å². The van der Waals surface area contributed by atoms with E-state index < -0.39 is 0 Å². The van der Waals surface area contributed by atoms with Gasteiger partial charge in [0.1, 0.15) is 0 Å². The summed E-state index contributed by atoms with van der Waals surface area (Å²) in [5.74, 6) is 0.915. The first-order chi connectivity index (χ1) is 10.2. The van der Waals surface area contributed by atoms with Crippen LogP contribution in [-0.4, -0.2) is 37.2 Å². The molecule has 2 fully saturated rings. The third-order valence-corrected chi connectivity index (χ3v) is 5.33. The fourth-order valence-electron chi connectivity index (χ4n) is 3.70. The van der Waals surface area contributed by atoms with E-state index in [0.29, 0.717) is 18.4 Å². The molecule has 0 aromatic rings. The van der Waals surface area contributed by atoms with Gasteiger partial charge in [-0.05, 0) is 64.0 Å². The monoisotopic (exact) mass is 296 g/mol. The molecule has 1 amide bonds. The minimum atomic E-state index is -0.0104. The van der Waals surface area contributed by atoms with Gasteiger partial charge in [-0.25, -0.2) is 0 Å². The Kier molecular flexibility index (Phi) is 6.49. The van der Waals surface area contributed by atoms with E-state index in [1.54, 1.807) is 0 Å². The Labute approximate surface area is 129 Å². The average molecular weight is 296 g/mol. The number of carbonyl (C=O) groups excluding carboxylic acids is 1. The van der Waals surface area contributed by atoms with Crippen molar-refractivity contribution in [3.63, 3.8) is 0 Å². The van der Waals surface area contributed by atoms with Gasteiger partial charge in [0.15, 0.2) is 0 Å². The second-order valence-electron chi connectivity index (χ2n) is 6.75. The van der Waals surface area contributed by atoms with Gasteiger partial charge in [-0.15, -0.1) is 0 Å². The highest BCUT2D eigenvalue weighted by Gasteiger charge is 2.34. The highest BCUT2D eigenvalue weighted by Crippen LogP contribution is 2.31. The molecule has 2 aliphatic rings. The minimum absolute atomic E-state index is 0.0104. The Bertz CT molecular complexity index is 323. The number of hydrogen-bond donors (Lipinski definition) is 2. The number of hydrogen-bond acceptors (Lipinski definition) is 3. The molecule has 0 spiro atoms. The highest BCUT2D eigenvalue weighted by atomic mass is 16.5. The van der Waals surface area contributed by atoms with Crippen LogP contribution in [0.25, 0.3) is 0 Å². The van der Waals surface area contributed by atoms with Crippen molar-refractivity contribution in [2.45, 2.75) is 76.9 Å². The molecule has 122 valence electrons. The zero-order chi connectivity index (χ0) is 15.1. The zero-order valence-corrected chi connectivity index (χ0v) is 13.7. The number of nitrogens with one attached hydrogen (secondary N) is 2. The summed E-state index contributed by atoms with van der Waals surface area (Å²) in [7, 11) is 0. The molecule has 2 atom stereocenters. The van der Waals surface area contributed by atoms with Gasteiger partial charge in [0.2, 0.25) is 5.91 Å². The summed E-state index contributed by atoms with van der Waals surface area (Å²) >= 11 is 0. The summed E-state index contributed by atoms with van der Waals surface area (Å²) in [5, 5.41) is 6.66. The molecule has 0 aromatic heterocycles. The summed E-state index contributed by atoms with van der Waals surface area (Å²) in [5.41, 5.74) is -0.0104. The molecule has 2 N–H and O–H groups in total. The Morgan fingerprint density at radius 1 is 1.33 bits per heavy atom. The number of ether oxygens (including phenoxy) is 1. The van der Waals surface area contributed by atoms with Crippen LogP contribution in [0.1, 0.15) is 65.2 Å². The summed E-state index contributed by atoms with van der Waals surface area (Å²) in [6.45, 7) is 7.37. The van der Waals surface area contributed by atoms with Gasteiger partial charge in [0.05, 0.1) is 5.60 Å². The number of piperidine rings is 1. The Morgan fingerprint density at radius 3 is 2.81 bits per heavy atom. The first-order valence-corrected chi connectivity index (χ1v) is 8.81. The molecule has 2 aliphatic heterocycles. The van der Waals surface area contributed by atoms with Crippen LogP contribution in [0.3, 0.4) is 0 Å². The molecule has 0 aromatic carbocycles. The van der Waals surface area contributed by atoms with E-state index in [4.69, 9.17) is 4.74 Å². The van der Waals surface area contributed by atoms with Crippen LogP contribution in [0, 0.1) is 5.92 Å². The number of carbonyl (C=O) groups is 1. The lowest BCUT2D eigenvalue weighted by molar-refractivity contribution is -0.126. The van der Waals surface area contributed by atoms with Crippen molar-refractivity contribution in [3.05, 3.63) is 0 Å². The fourth-order valence-corrected chi connectivity index (χ4v) is 3.70. The van der Waals surface area contributed by atoms with Gasteiger partial charge in [-0.3, -0.25) is 4.79 Å². The molecule has 4 nitrogen and oxygen atoms in total. The molecular formula is C17H32N2O2. The van der Waals surface area contributed by atoms with Gasteiger partial charge in [-0.2, -0.15) is 0 Å². The van der Waals surface area contributed by atoms with Crippen LogP contribution in [0.2, 0.25) is 0 Å². The topological polar surface area (TPSA) is 50.4 Å². The van der Waals surface area contributed by atoms with Crippen LogP contribution in [-0.2, 0) is 9.53 Å². The van der Waals surface area contributed by atoms with Crippen LogP contribution in [0.5, 0.6) is 0 Å². The molecule has 21 heavy (non-hydrogen) atoms. The molecule has 2 rings (SSSR count). The van der Waals surface area contributed by atoms with Crippen molar-refractivity contribution in [3.8, 4) is 0 Å². The van der Waals surface area contributed by atoms with E-state index in [1.807, 2.05) is 0 Å². The molecule has 0 aliphatic carbocycles. The van der Waals surface area contributed by atoms with Crippen LogP contribution < -0.4 is 10.6 Å². The summed E-state index contributed by atoms with van der Waals surface area (Å²) in [4.78, 5) is 12.2. The lowest BCUT2D eigenvalue weighted by atomic mass is 9.86. The smallest absolute Gasteiger partial charge is 0.220 e. The summed E-state index contributed by atoms with van der Waals surface area (Å²) < 4.78 is 5.97. The van der Waals surface area contributed by atoms with Gasteiger partial charge in [0.25, 0.3) is 0 Å². The largest absolute Gasteiger partial charge is 0.375 e. The molecular weight excluding hydrogens is 264 g/mol. The van der Waals surface area contributed by atoms with Gasteiger partial charge >= 0.3 is 0 Å². The first-order valence-electron chi connectivity index (χ1n) is 8.81. The second kappa shape index (κ2) is 8.14. The standard InChI is InChI=1S/C17H32N2O2/c1-3-17(4-2)12-15(9-11-21-17)19-16(20)8-7-14-6-5-10-18-13-14/h14-15,18H,3-13H2,1-2H3,(H,19,20). The van der Waals surface area contributed by atoms with Crippen LogP contribution in [0.4, 0.5) is 0 Å². The first kappa shape index (κ1) is 16.8. The SMILES string of the molecule is CCC1(CC)CC(NC(=O)CCC2CCCNC2)CCO1. The van der Waals surface area contributed by atoms with E-state index in [-0.39, 0.29) is 11.5 Å². The van der Waals surface area contributed by atoms with Crippen molar-refractivity contribution < 1.29 is 9.53 Å². The van der Waals surface area contributed by atoms with Crippen molar-refractivity contribution in [1.82, 2.24) is 10.6 Å².